The van der Waals surface area contributed by atoms with E-state index in [1.165, 1.54) is 12.1 Å². The van der Waals surface area contributed by atoms with Crippen LogP contribution in [0.3, 0.4) is 0 Å². The first-order valence-electron chi connectivity index (χ1n) is 5.22. The van der Waals surface area contributed by atoms with Crippen LogP contribution in [-0.4, -0.2) is 26.2 Å². The molecule has 0 aromatic heterocycles. The Balaban J connectivity index is 2.20. The highest BCUT2D eigenvalue weighted by atomic mass is 19.1. The quantitative estimate of drug-likeness (QED) is 0.797. The van der Waals surface area contributed by atoms with E-state index in [1.807, 2.05) is 0 Å². The summed E-state index contributed by atoms with van der Waals surface area (Å²) in [4.78, 5) is 11.2. The van der Waals surface area contributed by atoms with Crippen molar-refractivity contribution in [1.82, 2.24) is 5.32 Å². The summed E-state index contributed by atoms with van der Waals surface area (Å²) in [5.41, 5.74) is 1.01. The molecule has 88 valence electrons. The number of rotatable bonds is 6. The Hall–Kier alpha value is -1.42. The lowest BCUT2D eigenvalue weighted by molar-refractivity contribution is -0.121. The predicted octanol–water partition coefficient (Wildman–Crippen LogP) is 1.52. The number of benzene rings is 1. The third-order valence-corrected chi connectivity index (χ3v) is 2.18. The third kappa shape index (κ3) is 4.89. The summed E-state index contributed by atoms with van der Waals surface area (Å²) < 4.78 is 17.4. The van der Waals surface area contributed by atoms with Gasteiger partial charge in [0.15, 0.2) is 0 Å². The van der Waals surface area contributed by atoms with Crippen LogP contribution in [0.15, 0.2) is 24.3 Å². The summed E-state index contributed by atoms with van der Waals surface area (Å²) in [5.74, 6) is -0.267. The van der Waals surface area contributed by atoms with Crippen molar-refractivity contribution in [2.75, 3.05) is 20.3 Å². The van der Waals surface area contributed by atoms with Crippen molar-refractivity contribution in [2.45, 2.75) is 12.8 Å². The second kappa shape index (κ2) is 6.95. The van der Waals surface area contributed by atoms with Crippen molar-refractivity contribution in [3.8, 4) is 0 Å². The van der Waals surface area contributed by atoms with Gasteiger partial charge in [-0.1, -0.05) is 12.1 Å². The van der Waals surface area contributed by atoms with Crippen LogP contribution < -0.4 is 5.32 Å². The fraction of sp³-hybridized carbons (Fsp3) is 0.417. The van der Waals surface area contributed by atoms with Gasteiger partial charge in [0.25, 0.3) is 0 Å². The number of nitrogens with one attached hydrogen (secondary N) is 1. The molecular formula is C12H16FNO2. The number of amides is 1. The summed E-state index contributed by atoms with van der Waals surface area (Å²) >= 11 is 0. The standard InChI is InChI=1S/C12H16FNO2/c1-16-9-7-12(15)14-8-6-10-2-4-11(13)5-3-10/h2-5H,6-9H2,1H3,(H,14,15). The highest BCUT2D eigenvalue weighted by molar-refractivity contribution is 5.75. The van der Waals surface area contributed by atoms with Gasteiger partial charge in [0, 0.05) is 20.1 Å². The highest BCUT2D eigenvalue weighted by Gasteiger charge is 2.00. The number of methoxy groups -OCH3 is 1. The van der Waals surface area contributed by atoms with E-state index >= 15 is 0 Å². The molecule has 0 saturated carbocycles. The maximum atomic E-state index is 12.6. The van der Waals surface area contributed by atoms with Crippen LogP contribution in [0.2, 0.25) is 0 Å². The molecule has 16 heavy (non-hydrogen) atoms. The van der Waals surface area contributed by atoms with Gasteiger partial charge in [-0.25, -0.2) is 4.39 Å². The van der Waals surface area contributed by atoms with E-state index in [4.69, 9.17) is 4.74 Å². The molecule has 0 atom stereocenters. The zero-order chi connectivity index (χ0) is 11.8. The molecule has 1 amide bonds. The van der Waals surface area contributed by atoms with E-state index in [0.717, 1.165) is 5.56 Å². The Morgan fingerprint density at radius 3 is 2.69 bits per heavy atom. The molecule has 0 aliphatic heterocycles. The van der Waals surface area contributed by atoms with E-state index < -0.39 is 0 Å². The van der Waals surface area contributed by atoms with Crippen molar-refractivity contribution >= 4 is 5.91 Å². The van der Waals surface area contributed by atoms with Gasteiger partial charge < -0.3 is 10.1 Å². The second-order valence-electron chi connectivity index (χ2n) is 3.47. The average molecular weight is 225 g/mol. The number of carbonyl (C=O) groups is 1. The molecule has 0 radical (unpaired) electrons. The van der Waals surface area contributed by atoms with Gasteiger partial charge in [-0.2, -0.15) is 0 Å². The van der Waals surface area contributed by atoms with Crippen LogP contribution in [0.1, 0.15) is 12.0 Å². The SMILES string of the molecule is COCCC(=O)NCCc1ccc(F)cc1. The molecule has 1 aromatic rings. The summed E-state index contributed by atoms with van der Waals surface area (Å²) in [5, 5.41) is 2.77. The molecule has 4 heteroatoms. The summed E-state index contributed by atoms with van der Waals surface area (Å²) in [6, 6.07) is 6.28. The van der Waals surface area contributed by atoms with Crippen LogP contribution in [0.5, 0.6) is 0 Å². The van der Waals surface area contributed by atoms with E-state index in [9.17, 15) is 9.18 Å². The van der Waals surface area contributed by atoms with Crippen molar-refractivity contribution < 1.29 is 13.9 Å². The van der Waals surface area contributed by atoms with Crippen molar-refractivity contribution in [2.24, 2.45) is 0 Å². The molecule has 0 aliphatic carbocycles. The molecule has 0 fully saturated rings. The van der Waals surface area contributed by atoms with E-state index in [-0.39, 0.29) is 11.7 Å². The van der Waals surface area contributed by atoms with Gasteiger partial charge in [0.05, 0.1) is 6.61 Å². The van der Waals surface area contributed by atoms with Crippen LogP contribution in [0.25, 0.3) is 0 Å². The molecule has 0 aliphatic rings. The van der Waals surface area contributed by atoms with Crippen LogP contribution in [0, 0.1) is 5.82 Å². The van der Waals surface area contributed by atoms with Crippen molar-refractivity contribution in [3.05, 3.63) is 35.6 Å². The largest absolute Gasteiger partial charge is 0.384 e. The highest BCUT2D eigenvalue weighted by Crippen LogP contribution is 2.02. The zero-order valence-corrected chi connectivity index (χ0v) is 9.33. The van der Waals surface area contributed by atoms with Crippen LogP contribution in [0.4, 0.5) is 4.39 Å². The Morgan fingerprint density at radius 1 is 1.38 bits per heavy atom. The van der Waals surface area contributed by atoms with Crippen LogP contribution in [-0.2, 0) is 16.0 Å². The molecule has 1 rings (SSSR count). The first-order valence-corrected chi connectivity index (χ1v) is 5.22. The molecular weight excluding hydrogens is 209 g/mol. The molecule has 1 aromatic carbocycles. The number of ether oxygens (including phenoxy) is 1. The van der Waals surface area contributed by atoms with Crippen molar-refractivity contribution in [3.63, 3.8) is 0 Å². The first-order chi connectivity index (χ1) is 7.72. The normalized spacial score (nSPS) is 10.1. The smallest absolute Gasteiger partial charge is 0.222 e. The second-order valence-corrected chi connectivity index (χ2v) is 3.47. The van der Waals surface area contributed by atoms with Gasteiger partial charge in [0.2, 0.25) is 5.91 Å². The lowest BCUT2D eigenvalue weighted by atomic mass is 10.1. The lowest BCUT2D eigenvalue weighted by Gasteiger charge is -2.04. The number of halogens is 1. The molecule has 0 unspecified atom stereocenters. The van der Waals surface area contributed by atoms with E-state index in [0.29, 0.717) is 26.0 Å². The van der Waals surface area contributed by atoms with E-state index in [2.05, 4.69) is 5.32 Å². The van der Waals surface area contributed by atoms with E-state index in [1.54, 1.807) is 19.2 Å². The molecule has 0 heterocycles. The lowest BCUT2D eigenvalue weighted by Crippen LogP contribution is -2.26. The van der Waals surface area contributed by atoms with Gasteiger partial charge in [-0.3, -0.25) is 4.79 Å². The molecule has 0 saturated heterocycles. The Kier molecular flexibility index (Phi) is 5.50. The van der Waals surface area contributed by atoms with Gasteiger partial charge in [0.1, 0.15) is 5.82 Å². The zero-order valence-electron chi connectivity index (χ0n) is 9.33. The van der Waals surface area contributed by atoms with Gasteiger partial charge in [-0.15, -0.1) is 0 Å². The minimum Gasteiger partial charge on any atom is -0.384 e. The number of hydrogen-bond acceptors (Lipinski definition) is 2. The summed E-state index contributed by atoms with van der Waals surface area (Å²) in [6.45, 7) is 0.997. The molecule has 1 N–H and O–H groups in total. The summed E-state index contributed by atoms with van der Waals surface area (Å²) in [7, 11) is 1.56. The van der Waals surface area contributed by atoms with Gasteiger partial charge in [-0.05, 0) is 24.1 Å². The van der Waals surface area contributed by atoms with Crippen molar-refractivity contribution in [1.29, 1.82) is 0 Å². The number of carbonyl (C=O) groups excluding carboxylic acids is 1. The maximum Gasteiger partial charge on any atom is 0.222 e. The predicted molar refractivity (Wildman–Crippen MR) is 59.6 cm³/mol. The fourth-order valence-electron chi connectivity index (χ4n) is 1.28. The first kappa shape index (κ1) is 12.6. The van der Waals surface area contributed by atoms with Gasteiger partial charge >= 0.3 is 0 Å². The molecule has 3 nitrogen and oxygen atoms in total. The number of hydrogen-bond donors (Lipinski definition) is 1. The Morgan fingerprint density at radius 2 is 2.06 bits per heavy atom. The van der Waals surface area contributed by atoms with Crippen LogP contribution >= 0.6 is 0 Å². The molecule has 0 bridgehead atoms. The third-order valence-electron chi connectivity index (χ3n) is 2.18. The molecule has 0 spiro atoms. The maximum absolute atomic E-state index is 12.6. The monoisotopic (exact) mass is 225 g/mol. The minimum absolute atomic E-state index is 0.0241. The average Bonchev–Trinajstić information content (AvgIpc) is 2.29. The minimum atomic E-state index is -0.243. The topological polar surface area (TPSA) is 38.3 Å². The fourth-order valence-corrected chi connectivity index (χ4v) is 1.28. The Bertz CT molecular complexity index is 324. The summed E-state index contributed by atoms with van der Waals surface area (Å²) in [6.07, 6.45) is 1.08. The Labute approximate surface area is 94.6 Å².